The Bertz CT molecular complexity index is 1400. The van der Waals surface area contributed by atoms with Crippen molar-refractivity contribution in [3.8, 4) is 16.9 Å². The minimum absolute atomic E-state index is 0.210. The molecule has 0 atom stereocenters. The van der Waals surface area contributed by atoms with E-state index in [4.69, 9.17) is 14.8 Å². The van der Waals surface area contributed by atoms with Crippen LogP contribution in [-0.2, 0) is 13.0 Å². The van der Waals surface area contributed by atoms with Crippen molar-refractivity contribution in [2.75, 3.05) is 11.9 Å². The van der Waals surface area contributed by atoms with E-state index in [9.17, 15) is 9.59 Å². The lowest BCUT2D eigenvalue weighted by atomic mass is 10.0. The zero-order valence-corrected chi connectivity index (χ0v) is 21.9. The van der Waals surface area contributed by atoms with Crippen molar-refractivity contribution in [1.82, 2.24) is 14.9 Å². The maximum atomic E-state index is 12.3. The summed E-state index contributed by atoms with van der Waals surface area (Å²) < 4.78 is 7.16. The molecule has 1 heterocycles. The highest BCUT2D eigenvalue weighted by Gasteiger charge is 2.14. The molecule has 0 saturated heterocycles. The average Bonchev–Trinajstić information content (AvgIpc) is 3.24. The zero-order chi connectivity index (χ0) is 26.9. The van der Waals surface area contributed by atoms with Gasteiger partial charge in [-0.3, -0.25) is 0 Å². The lowest BCUT2D eigenvalue weighted by Crippen LogP contribution is -2.29. The van der Waals surface area contributed by atoms with Crippen LogP contribution in [0, 0.1) is 0 Å². The normalized spacial score (nSPS) is 10.9. The van der Waals surface area contributed by atoms with Crippen LogP contribution in [0.15, 0.2) is 66.7 Å². The number of aryl methyl sites for hydroxylation is 1. The van der Waals surface area contributed by atoms with Gasteiger partial charge in [0.05, 0.1) is 11.0 Å². The molecule has 0 saturated carbocycles. The van der Waals surface area contributed by atoms with E-state index in [1.165, 1.54) is 0 Å². The van der Waals surface area contributed by atoms with E-state index in [1.807, 2.05) is 54.6 Å². The fraction of sp³-hybridized carbons (Fsp3) is 0.300. The fourth-order valence-electron chi connectivity index (χ4n) is 4.37. The molecular formula is C30H34N4O4. The number of imidazole rings is 1. The van der Waals surface area contributed by atoms with Crippen molar-refractivity contribution in [3.63, 3.8) is 0 Å². The summed E-state index contributed by atoms with van der Waals surface area (Å²) in [5.74, 6) is 1.31. The van der Waals surface area contributed by atoms with Crippen LogP contribution in [0.4, 0.5) is 15.3 Å². The van der Waals surface area contributed by atoms with Crippen LogP contribution in [0.5, 0.6) is 5.75 Å². The van der Waals surface area contributed by atoms with Crippen molar-refractivity contribution in [2.24, 2.45) is 0 Å². The second-order valence-electron chi connectivity index (χ2n) is 9.22. The molecule has 8 heteroatoms. The molecule has 3 N–H and O–H groups in total. The van der Waals surface area contributed by atoms with Gasteiger partial charge in [0.25, 0.3) is 0 Å². The molecule has 3 aromatic carbocycles. The Morgan fingerprint density at radius 2 is 1.74 bits per heavy atom. The topological polar surface area (TPSA) is 105 Å². The van der Waals surface area contributed by atoms with Crippen LogP contribution in [0.25, 0.3) is 22.2 Å². The van der Waals surface area contributed by atoms with Crippen molar-refractivity contribution >= 4 is 28.9 Å². The molecule has 4 aromatic rings. The number of nitrogens with zero attached hydrogens (tertiary/aromatic N) is 2. The molecule has 0 radical (unpaired) electrons. The van der Waals surface area contributed by atoms with Gasteiger partial charge in [0.1, 0.15) is 11.6 Å². The van der Waals surface area contributed by atoms with Gasteiger partial charge in [-0.15, -0.1) is 0 Å². The number of unbranched alkanes of at least 4 members (excludes halogenated alkanes) is 2. The summed E-state index contributed by atoms with van der Waals surface area (Å²) in [6.07, 6.45) is 3.59. The van der Waals surface area contributed by atoms with E-state index in [2.05, 4.69) is 29.0 Å². The number of carboxylic acid groups (broad SMARTS) is 1. The Labute approximate surface area is 222 Å². The Balaban J connectivity index is 1.60. The smallest absolute Gasteiger partial charge is 0.449 e. The number of hydrogen-bond acceptors (Lipinski definition) is 4. The predicted molar refractivity (Wildman–Crippen MR) is 150 cm³/mol. The molecule has 0 fully saturated rings. The van der Waals surface area contributed by atoms with Crippen LogP contribution in [0.2, 0.25) is 0 Å². The zero-order valence-electron chi connectivity index (χ0n) is 21.9. The van der Waals surface area contributed by atoms with Gasteiger partial charge < -0.3 is 25.0 Å². The number of aromatic nitrogens is 2. The van der Waals surface area contributed by atoms with Crippen LogP contribution in [0.1, 0.15) is 50.9 Å². The first-order valence-corrected chi connectivity index (χ1v) is 13.1. The van der Waals surface area contributed by atoms with Gasteiger partial charge in [0, 0.05) is 30.8 Å². The molecule has 0 spiro atoms. The van der Waals surface area contributed by atoms with Crippen molar-refractivity contribution < 1.29 is 19.4 Å². The molecule has 38 heavy (non-hydrogen) atoms. The SMILES string of the molecule is CCCCNC(=O)Nc1ccc2nc(CCCC)n(Cc3ccc(-c4ccccc4OC(=O)O)cc3)c2c1. The summed E-state index contributed by atoms with van der Waals surface area (Å²) >= 11 is 0. The number of amides is 2. The predicted octanol–water partition coefficient (Wildman–Crippen LogP) is 7.07. The summed E-state index contributed by atoms with van der Waals surface area (Å²) in [6.45, 7) is 5.52. The number of carbonyl (C=O) groups is 2. The lowest BCUT2D eigenvalue weighted by molar-refractivity contribution is 0.144. The molecule has 0 aliphatic carbocycles. The summed E-state index contributed by atoms with van der Waals surface area (Å²) in [5, 5.41) is 14.9. The largest absolute Gasteiger partial charge is 0.511 e. The monoisotopic (exact) mass is 514 g/mol. The third-order valence-corrected chi connectivity index (χ3v) is 6.34. The van der Waals surface area contributed by atoms with Crippen molar-refractivity contribution in [2.45, 2.75) is 52.5 Å². The molecule has 8 nitrogen and oxygen atoms in total. The number of fused-ring (bicyclic) bond motifs is 1. The third-order valence-electron chi connectivity index (χ3n) is 6.34. The van der Waals surface area contributed by atoms with E-state index in [0.717, 1.165) is 65.8 Å². The molecule has 0 bridgehead atoms. The minimum Gasteiger partial charge on any atom is -0.449 e. The fourth-order valence-corrected chi connectivity index (χ4v) is 4.37. The Morgan fingerprint density at radius 1 is 0.974 bits per heavy atom. The number of benzene rings is 3. The van der Waals surface area contributed by atoms with Crippen LogP contribution in [-0.4, -0.2) is 33.4 Å². The lowest BCUT2D eigenvalue weighted by Gasteiger charge is -2.12. The summed E-state index contributed by atoms with van der Waals surface area (Å²) in [7, 11) is 0. The molecule has 0 aliphatic heterocycles. The quantitative estimate of drug-likeness (QED) is 0.113. The maximum Gasteiger partial charge on any atom is 0.511 e. The van der Waals surface area contributed by atoms with Crippen LogP contribution >= 0.6 is 0 Å². The summed E-state index contributed by atoms with van der Waals surface area (Å²) in [6, 6.07) is 20.7. The Kier molecular flexibility index (Phi) is 8.98. The van der Waals surface area contributed by atoms with E-state index in [0.29, 0.717) is 24.4 Å². The molecule has 4 rings (SSSR count). The molecule has 2 amide bonds. The number of anilines is 1. The first kappa shape index (κ1) is 26.7. The highest BCUT2D eigenvalue weighted by molar-refractivity contribution is 5.92. The second-order valence-corrected chi connectivity index (χ2v) is 9.22. The number of ether oxygens (including phenoxy) is 1. The highest BCUT2D eigenvalue weighted by atomic mass is 16.7. The van der Waals surface area contributed by atoms with Crippen molar-refractivity contribution in [1.29, 1.82) is 0 Å². The maximum absolute atomic E-state index is 12.3. The first-order valence-electron chi connectivity index (χ1n) is 13.1. The van der Waals surface area contributed by atoms with Crippen LogP contribution < -0.4 is 15.4 Å². The van der Waals surface area contributed by atoms with Gasteiger partial charge >= 0.3 is 12.2 Å². The van der Waals surface area contributed by atoms with E-state index in [1.54, 1.807) is 12.1 Å². The minimum atomic E-state index is -1.34. The average molecular weight is 515 g/mol. The van der Waals surface area contributed by atoms with Gasteiger partial charge in [-0.25, -0.2) is 14.6 Å². The number of carbonyl (C=O) groups excluding carboxylic acids is 1. The number of nitrogens with one attached hydrogen (secondary N) is 2. The molecule has 0 unspecified atom stereocenters. The third kappa shape index (κ3) is 6.70. The van der Waals surface area contributed by atoms with Crippen LogP contribution in [0.3, 0.4) is 0 Å². The highest BCUT2D eigenvalue weighted by Crippen LogP contribution is 2.30. The molecular weight excluding hydrogens is 480 g/mol. The number of para-hydroxylation sites is 1. The number of urea groups is 1. The molecule has 0 aliphatic rings. The first-order chi connectivity index (χ1) is 18.5. The van der Waals surface area contributed by atoms with Gasteiger partial charge in [-0.1, -0.05) is 69.2 Å². The van der Waals surface area contributed by atoms with Gasteiger partial charge in [0.2, 0.25) is 0 Å². The van der Waals surface area contributed by atoms with E-state index >= 15 is 0 Å². The van der Waals surface area contributed by atoms with Crippen molar-refractivity contribution in [3.05, 3.63) is 78.1 Å². The summed E-state index contributed by atoms with van der Waals surface area (Å²) in [5.41, 5.74) is 5.24. The van der Waals surface area contributed by atoms with Gasteiger partial charge in [0.15, 0.2) is 0 Å². The Morgan fingerprint density at radius 3 is 2.47 bits per heavy atom. The van der Waals surface area contributed by atoms with E-state index in [-0.39, 0.29) is 6.03 Å². The summed E-state index contributed by atoms with van der Waals surface area (Å²) in [4.78, 5) is 28.3. The number of rotatable bonds is 11. The number of hydrogen-bond donors (Lipinski definition) is 3. The molecule has 1 aromatic heterocycles. The Hall–Kier alpha value is -4.33. The van der Waals surface area contributed by atoms with Gasteiger partial charge in [-0.05, 0) is 48.2 Å². The molecule has 198 valence electrons. The van der Waals surface area contributed by atoms with Gasteiger partial charge in [-0.2, -0.15) is 0 Å². The van der Waals surface area contributed by atoms with E-state index < -0.39 is 6.16 Å². The second kappa shape index (κ2) is 12.8. The standard InChI is InChI=1S/C30H34N4O4/c1-3-5-11-28-33-25-17-16-23(32-29(35)31-18-6-4-2)19-26(25)34(28)20-21-12-14-22(15-13-21)24-9-7-8-10-27(24)38-30(36)37/h7-10,12-17,19H,3-6,11,18,20H2,1-2H3,(H,36,37)(H2,31,32,35).